The summed E-state index contributed by atoms with van der Waals surface area (Å²) in [7, 11) is 0. The monoisotopic (exact) mass is 720 g/mol. The molecule has 5 aliphatic carbocycles. The van der Waals surface area contributed by atoms with Gasteiger partial charge in [0.25, 0.3) is 0 Å². The molecule has 1 aromatic heterocycles. The number of aromatic nitrogens is 2. The van der Waals surface area contributed by atoms with Crippen LogP contribution in [0.15, 0.2) is 30.9 Å². The van der Waals surface area contributed by atoms with Crippen LogP contribution in [0.4, 0.5) is 0 Å². The number of ether oxygens (including phenoxy) is 1. The SMILES string of the molecule is C=C(C)[C@@H]1CC[C@]2(CC(=O)NCCCn3ccnc3)CC[C@]3(C)[C@H](CC[C@@H]4[C@@]5(C)CC[C@H](OC(=O)CC(C)(C)CC(=O)O)C(C)(C)[C@@H]5CC[C@]43C)[C@@H]12. The lowest BCUT2D eigenvalue weighted by Gasteiger charge is -2.73. The van der Waals surface area contributed by atoms with E-state index in [0.29, 0.717) is 42.6 Å². The van der Waals surface area contributed by atoms with E-state index in [2.05, 4.69) is 63.0 Å². The molecular formula is C44H69N3O5. The van der Waals surface area contributed by atoms with Crippen molar-refractivity contribution in [2.45, 2.75) is 158 Å². The fraction of sp³-hybridized carbons (Fsp3) is 0.818. The predicted molar refractivity (Wildman–Crippen MR) is 204 cm³/mol. The van der Waals surface area contributed by atoms with E-state index >= 15 is 0 Å². The third-order valence-electron chi connectivity index (χ3n) is 16.7. The first kappa shape index (κ1) is 39.1. The van der Waals surface area contributed by atoms with Gasteiger partial charge in [-0.25, -0.2) is 4.98 Å². The normalized spacial score (nSPS) is 39.3. The van der Waals surface area contributed by atoms with Gasteiger partial charge in [-0.2, -0.15) is 0 Å². The number of nitrogens with zero attached hydrogens (tertiary/aromatic N) is 2. The van der Waals surface area contributed by atoms with Crippen LogP contribution in [-0.4, -0.2) is 45.2 Å². The molecular weight excluding hydrogens is 651 g/mol. The van der Waals surface area contributed by atoms with Gasteiger partial charge in [0, 0.05) is 37.3 Å². The molecule has 8 heteroatoms. The molecule has 1 amide bonds. The van der Waals surface area contributed by atoms with Crippen molar-refractivity contribution in [2.75, 3.05) is 6.54 Å². The Morgan fingerprint density at radius 3 is 2.37 bits per heavy atom. The quantitative estimate of drug-likeness (QED) is 0.127. The molecule has 5 aliphatic rings. The average molecular weight is 720 g/mol. The van der Waals surface area contributed by atoms with Gasteiger partial charge < -0.3 is 19.7 Å². The van der Waals surface area contributed by atoms with Gasteiger partial charge in [0.1, 0.15) is 6.10 Å². The zero-order valence-corrected chi connectivity index (χ0v) is 33.7. The molecule has 10 atom stereocenters. The lowest BCUT2D eigenvalue weighted by atomic mass is 9.32. The predicted octanol–water partition coefficient (Wildman–Crippen LogP) is 9.24. The number of allylic oxidation sites excluding steroid dienone is 1. The number of carbonyl (C=O) groups excluding carboxylic acids is 2. The van der Waals surface area contributed by atoms with Crippen LogP contribution >= 0.6 is 0 Å². The summed E-state index contributed by atoms with van der Waals surface area (Å²) in [5, 5.41) is 12.7. The van der Waals surface area contributed by atoms with Crippen LogP contribution < -0.4 is 5.32 Å². The van der Waals surface area contributed by atoms with Crippen molar-refractivity contribution in [3.05, 3.63) is 30.9 Å². The highest BCUT2D eigenvalue weighted by Gasteiger charge is 2.71. The number of amides is 1. The smallest absolute Gasteiger partial charge is 0.306 e. The molecule has 0 radical (unpaired) electrons. The number of nitrogens with one attached hydrogen (secondary N) is 1. The number of rotatable bonds is 12. The lowest BCUT2D eigenvalue weighted by Crippen LogP contribution is -2.67. The number of carboxylic acid groups (broad SMARTS) is 1. The summed E-state index contributed by atoms with van der Waals surface area (Å²) < 4.78 is 8.35. The number of aryl methyl sites for hydroxylation is 1. The van der Waals surface area contributed by atoms with E-state index in [0.717, 1.165) is 51.5 Å². The summed E-state index contributed by atoms with van der Waals surface area (Å²) >= 11 is 0. The minimum Gasteiger partial charge on any atom is -0.481 e. The Labute approximate surface area is 313 Å². The van der Waals surface area contributed by atoms with Gasteiger partial charge in [-0.1, -0.05) is 60.6 Å². The Bertz CT molecular complexity index is 1520. The van der Waals surface area contributed by atoms with E-state index in [1.165, 1.54) is 31.3 Å². The van der Waals surface area contributed by atoms with Crippen LogP contribution in [0.3, 0.4) is 0 Å². The van der Waals surface area contributed by atoms with Crippen LogP contribution in [-0.2, 0) is 25.7 Å². The van der Waals surface area contributed by atoms with E-state index in [4.69, 9.17) is 4.74 Å². The third-order valence-corrected chi connectivity index (χ3v) is 16.7. The maximum absolute atomic E-state index is 13.7. The van der Waals surface area contributed by atoms with Crippen LogP contribution in [0.5, 0.6) is 0 Å². The molecule has 1 aromatic rings. The maximum Gasteiger partial charge on any atom is 0.306 e. The molecule has 2 N–H and O–H groups in total. The molecule has 0 aliphatic heterocycles. The van der Waals surface area contributed by atoms with Gasteiger partial charge >= 0.3 is 11.9 Å². The van der Waals surface area contributed by atoms with Gasteiger partial charge in [0.2, 0.25) is 5.91 Å². The highest BCUT2D eigenvalue weighted by molar-refractivity contribution is 5.77. The number of hydrogen-bond acceptors (Lipinski definition) is 5. The second-order valence-electron chi connectivity index (χ2n) is 20.5. The molecule has 0 spiro atoms. The fourth-order valence-corrected chi connectivity index (χ4v) is 14.1. The number of imidazole rings is 1. The van der Waals surface area contributed by atoms with Crippen LogP contribution in [0.1, 0.15) is 145 Å². The maximum atomic E-state index is 13.7. The molecule has 6 rings (SSSR count). The van der Waals surface area contributed by atoms with Crippen molar-refractivity contribution in [1.82, 2.24) is 14.9 Å². The van der Waals surface area contributed by atoms with Crippen LogP contribution in [0.2, 0.25) is 0 Å². The Kier molecular flexibility index (Phi) is 10.4. The Morgan fingerprint density at radius 2 is 1.69 bits per heavy atom. The van der Waals surface area contributed by atoms with Crippen molar-refractivity contribution in [2.24, 2.45) is 62.1 Å². The van der Waals surface area contributed by atoms with Gasteiger partial charge in [0.05, 0.1) is 19.2 Å². The van der Waals surface area contributed by atoms with Gasteiger partial charge in [-0.05, 0) is 134 Å². The summed E-state index contributed by atoms with van der Waals surface area (Å²) in [6.45, 7) is 24.6. The standard InChI is InChI=1S/C44H69N3O5/c1-29(2)30-13-18-44(25-35(48)46-21-10-23-47-24-22-45-28-47)20-19-42(8)31(38(30)44)11-12-33-41(7)16-15-34(40(5,6)32(41)14-17-43(33,42)9)52-37(51)27-39(3,4)26-36(49)50/h22,24,28,30-34,38H,1,10-21,23,25-27H2,2-9H3,(H,46,48)(H,49,50)/t30-,31+,32-,33+,34-,38+,41-,42+,43+,44+/m0/s1. The number of esters is 1. The molecule has 0 aromatic carbocycles. The van der Waals surface area contributed by atoms with E-state index in [-0.39, 0.29) is 57.9 Å². The Hall–Kier alpha value is -2.64. The zero-order chi connectivity index (χ0) is 37.9. The Morgan fingerprint density at radius 1 is 0.942 bits per heavy atom. The second kappa shape index (κ2) is 13.9. The van der Waals surface area contributed by atoms with Crippen molar-refractivity contribution in [1.29, 1.82) is 0 Å². The topological polar surface area (TPSA) is 111 Å². The largest absolute Gasteiger partial charge is 0.481 e. The van der Waals surface area contributed by atoms with Crippen molar-refractivity contribution >= 4 is 17.8 Å². The molecule has 0 saturated heterocycles. The van der Waals surface area contributed by atoms with Crippen molar-refractivity contribution < 1.29 is 24.2 Å². The average Bonchev–Trinajstić information content (AvgIpc) is 3.69. The van der Waals surface area contributed by atoms with E-state index in [1.54, 1.807) is 6.20 Å². The number of fused-ring (bicyclic) bond motifs is 7. The summed E-state index contributed by atoms with van der Waals surface area (Å²) in [6.07, 6.45) is 18.4. The minimum absolute atomic E-state index is 0.0489. The summed E-state index contributed by atoms with van der Waals surface area (Å²) in [6, 6.07) is 0. The molecule has 1 heterocycles. The fourth-order valence-electron chi connectivity index (χ4n) is 14.1. The third kappa shape index (κ3) is 6.69. The number of carboxylic acids is 1. The van der Waals surface area contributed by atoms with Crippen LogP contribution in [0, 0.1) is 62.1 Å². The summed E-state index contributed by atoms with van der Waals surface area (Å²) in [4.78, 5) is 42.4. The number of aliphatic carboxylic acids is 1. The highest BCUT2D eigenvalue weighted by atomic mass is 16.5. The molecule has 290 valence electrons. The molecule has 5 fully saturated rings. The van der Waals surface area contributed by atoms with Crippen molar-refractivity contribution in [3.63, 3.8) is 0 Å². The first-order valence-electron chi connectivity index (χ1n) is 20.6. The highest BCUT2D eigenvalue weighted by Crippen LogP contribution is 2.78. The first-order chi connectivity index (χ1) is 24.3. The molecule has 52 heavy (non-hydrogen) atoms. The van der Waals surface area contributed by atoms with Crippen molar-refractivity contribution in [3.8, 4) is 0 Å². The van der Waals surface area contributed by atoms with E-state index in [1.807, 2.05) is 26.4 Å². The number of carbonyl (C=O) groups is 3. The zero-order valence-electron chi connectivity index (χ0n) is 33.7. The first-order valence-corrected chi connectivity index (χ1v) is 20.6. The summed E-state index contributed by atoms with van der Waals surface area (Å²) in [5.74, 6) is 1.69. The minimum atomic E-state index is -0.884. The van der Waals surface area contributed by atoms with Gasteiger partial charge in [-0.15, -0.1) is 0 Å². The van der Waals surface area contributed by atoms with E-state index in [9.17, 15) is 19.5 Å². The molecule has 0 bridgehead atoms. The van der Waals surface area contributed by atoms with Gasteiger partial charge in [0.15, 0.2) is 0 Å². The lowest BCUT2D eigenvalue weighted by molar-refractivity contribution is -0.250. The van der Waals surface area contributed by atoms with Gasteiger partial charge in [-0.3, -0.25) is 14.4 Å². The summed E-state index contributed by atoms with van der Waals surface area (Å²) in [5.41, 5.74) is 1.11. The molecule has 0 unspecified atom stereocenters. The molecule has 8 nitrogen and oxygen atoms in total. The second-order valence-corrected chi connectivity index (χ2v) is 20.5. The number of hydrogen-bond donors (Lipinski definition) is 2. The Balaban J connectivity index is 1.18. The van der Waals surface area contributed by atoms with E-state index < -0.39 is 11.4 Å². The molecule has 5 saturated carbocycles. The van der Waals surface area contributed by atoms with Crippen LogP contribution in [0.25, 0.3) is 0 Å².